The zero-order valence-electron chi connectivity index (χ0n) is 10.7. The summed E-state index contributed by atoms with van der Waals surface area (Å²) in [4.78, 5) is 11.4. The van der Waals surface area contributed by atoms with E-state index in [-0.39, 0.29) is 17.4 Å². The first-order valence-corrected chi connectivity index (χ1v) is 6.31. The lowest BCUT2D eigenvalue weighted by atomic mass is 9.89. The Hall–Kier alpha value is -1.43. The van der Waals surface area contributed by atoms with Crippen LogP contribution in [0.1, 0.15) is 25.3 Å². The van der Waals surface area contributed by atoms with E-state index in [1.165, 1.54) is 18.2 Å². The van der Waals surface area contributed by atoms with Gasteiger partial charge < -0.3 is 9.47 Å². The van der Waals surface area contributed by atoms with Gasteiger partial charge >= 0.3 is 12.5 Å². The Kier molecular flexibility index (Phi) is 3.86. The minimum absolute atomic E-state index is 0.106. The van der Waals surface area contributed by atoms with Crippen LogP contribution in [-0.2, 0) is 4.79 Å². The number of ether oxygens (including phenoxy) is 2. The number of halogens is 4. The van der Waals surface area contributed by atoms with Crippen LogP contribution in [0.4, 0.5) is 13.2 Å². The number of carbonyl (C=O) groups is 1. The molecule has 0 saturated heterocycles. The molecule has 0 aromatic heterocycles. The number of fused-ring (bicyclic) bond motifs is 1. The second kappa shape index (κ2) is 5.16. The van der Waals surface area contributed by atoms with Crippen molar-refractivity contribution < 1.29 is 27.4 Å². The lowest BCUT2D eigenvalue weighted by molar-refractivity contribution is -0.281. The van der Waals surface area contributed by atoms with Gasteiger partial charge in [0, 0.05) is 0 Å². The molecule has 20 heavy (non-hydrogen) atoms. The van der Waals surface area contributed by atoms with Gasteiger partial charge in [-0.2, -0.15) is 13.2 Å². The predicted octanol–water partition coefficient (Wildman–Crippen LogP) is 3.85. The van der Waals surface area contributed by atoms with Gasteiger partial charge in [-0.1, -0.05) is 19.9 Å². The fourth-order valence-corrected chi connectivity index (χ4v) is 2.42. The maximum Gasteiger partial charge on any atom is 0.468 e. The van der Waals surface area contributed by atoms with Crippen molar-refractivity contribution >= 4 is 16.8 Å². The minimum atomic E-state index is -4.03. The van der Waals surface area contributed by atoms with Crippen molar-refractivity contribution in [2.75, 3.05) is 0 Å². The first-order valence-electron chi connectivity index (χ1n) is 5.93. The fourth-order valence-electron chi connectivity index (χ4n) is 2.05. The molecule has 0 radical (unpaired) electrons. The van der Waals surface area contributed by atoms with E-state index < -0.39 is 23.6 Å². The van der Waals surface area contributed by atoms with Crippen LogP contribution in [0.2, 0.25) is 0 Å². The predicted molar refractivity (Wildman–Crippen MR) is 66.0 cm³/mol. The van der Waals surface area contributed by atoms with Gasteiger partial charge in [-0.25, -0.2) is 0 Å². The number of rotatable bonds is 3. The molecule has 110 valence electrons. The summed E-state index contributed by atoms with van der Waals surface area (Å²) >= 11 is 5.53. The van der Waals surface area contributed by atoms with Crippen LogP contribution < -0.4 is 9.47 Å². The zero-order valence-corrected chi connectivity index (χ0v) is 11.5. The lowest BCUT2D eigenvalue weighted by Crippen LogP contribution is -2.43. The van der Waals surface area contributed by atoms with Crippen molar-refractivity contribution in [3.05, 3.63) is 23.8 Å². The van der Waals surface area contributed by atoms with Gasteiger partial charge in [0.05, 0.1) is 5.92 Å². The third kappa shape index (κ3) is 2.70. The Balaban J connectivity index is 2.38. The van der Waals surface area contributed by atoms with Crippen LogP contribution in [0.3, 0.4) is 0 Å². The second-order valence-corrected chi connectivity index (χ2v) is 5.20. The van der Waals surface area contributed by atoms with E-state index in [4.69, 9.17) is 11.6 Å². The molecule has 0 spiro atoms. The SMILES string of the molecule is CC(C)C(C(=O)Cl)c1ccc2c(c1)OC(F)C(F)(F)O2. The molecule has 0 saturated carbocycles. The van der Waals surface area contributed by atoms with Crippen molar-refractivity contribution in [2.45, 2.75) is 32.2 Å². The zero-order chi connectivity index (χ0) is 15.1. The van der Waals surface area contributed by atoms with Crippen molar-refractivity contribution in [2.24, 2.45) is 5.92 Å². The first kappa shape index (κ1) is 15.0. The van der Waals surface area contributed by atoms with E-state index in [0.29, 0.717) is 5.56 Å². The van der Waals surface area contributed by atoms with Crippen molar-refractivity contribution in [1.29, 1.82) is 0 Å². The van der Waals surface area contributed by atoms with Gasteiger partial charge in [-0.15, -0.1) is 0 Å². The third-order valence-electron chi connectivity index (χ3n) is 2.98. The largest absolute Gasteiger partial charge is 0.468 e. The average molecular weight is 309 g/mol. The smallest absolute Gasteiger partial charge is 0.447 e. The monoisotopic (exact) mass is 308 g/mol. The topological polar surface area (TPSA) is 35.5 Å². The number of benzene rings is 1. The molecular weight excluding hydrogens is 297 g/mol. The molecule has 2 atom stereocenters. The highest BCUT2D eigenvalue weighted by molar-refractivity contribution is 6.64. The highest BCUT2D eigenvalue weighted by Crippen LogP contribution is 2.42. The Morgan fingerprint density at radius 3 is 2.55 bits per heavy atom. The standard InChI is InChI=1S/C13H12ClF3O3/c1-6(2)10(11(14)18)7-3-4-8-9(5-7)19-12(15)13(16,17)20-8/h3-6,10,12H,1-2H3. The fraction of sp³-hybridized carbons (Fsp3) is 0.462. The van der Waals surface area contributed by atoms with Crippen molar-refractivity contribution in [3.8, 4) is 11.5 Å². The summed E-state index contributed by atoms with van der Waals surface area (Å²) in [6.07, 6.45) is -6.93. The third-order valence-corrected chi connectivity index (χ3v) is 3.21. The summed E-state index contributed by atoms with van der Waals surface area (Å²) in [5, 5.41) is -0.584. The van der Waals surface area contributed by atoms with Crippen LogP contribution in [-0.4, -0.2) is 17.7 Å². The summed E-state index contributed by atoms with van der Waals surface area (Å²) in [5.41, 5.74) is 0.458. The molecule has 1 aliphatic rings. The molecule has 7 heteroatoms. The quantitative estimate of drug-likeness (QED) is 0.796. The molecule has 3 nitrogen and oxygen atoms in total. The van der Waals surface area contributed by atoms with Gasteiger partial charge in [0.2, 0.25) is 5.24 Å². The first-order chi connectivity index (χ1) is 9.22. The Morgan fingerprint density at radius 1 is 1.35 bits per heavy atom. The number of carbonyl (C=O) groups excluding carboxylic acids is 1. The number of hydrogen-bond donors (Lipinski definition) is 0. The molecule has 1 aromatic rings. The van der Waals surface area contributed by atoms with E-state index in [2.05, 4.69) is 9.47 Å². The van der Waals surface area contributed by atoms with Crippen LogP contribution in [0.25, 0.3) is 0 Å². The van der Waals surface area contributed by atoms with E-state index in [0.717, 1.165) is 0 Å². The highest BCUT2D eigenvalue weighted by atomic mass is 35.5. The Morgan fingerprint density at radius 2 is 2.00 bits per heavy atom. The summed E-state index contributed by atoms with van der Waals surface area (Å²) in [6.45, 7) is 3.57. The molecule has 2 rings (SSSR count). The molecule has 0 N–H and O–H groups in total. The highest BCUT2D eigenvalue weighted by Gasteiger charge is 2.49. The second-order valence-electron chi connectivity index (χ2n) is 4.83. The molecule has 1 aromatic carbocycles. The van der Waals surface area contributed by atoms with Crippen LogP contribution in [0.15, 0.2) is 18.2 Å². The van der Waals surface area contributed by atoms with Gasteiger partial charge in [0.1, 0.15) is 0 Å². The summed E-state index contributed by atoms with van der Waals surface area (Å²) in [7, 11) is 0. The average Bonchev–Trinajstić information content (AvgIpc) is 2.29. The maximum absolute atomic E-state index is 13.1. The normalized spacial score (nSPS) is 21.6. The van der Waals surface area contributed by atoms with E-state index in [1.54, 1.807) is 13.8 Å². The van der Waals surface area contributed by atoms with Crippen LogP contribution in [0.5, 0.6) is 11.5 Å². The molecule has 0 fully saturated rings. The molecule has 2 unspecified atom stereocenters. The van der Waals surface area contributed by atoms with E-state index in [1.807, 2.05) is 0 Å². The number of hydrogen-bond acceptors (Lipinski definition) is 3. The lowest BCUT2D eigenvalue weighted by Gasteiger charge is -2.29. The molecule has 0 bridgehead atoms. The van der Waals surface area contributed by atoms with Crippen molar-refractivity contribution in [1.82, 2.24) is 0 Å². The van der Waals surface area contributed by atoms with Crippen LogP contribution in [0, 0.1) is 5.92 Å². The van der Waals surface area contributed by atoms with Gasteiger partial charge in [0.25, 0.3) is 0 Å². The summed E-state index contributed by atoms with van der Waals surface area (Å²) in [5.74, 6) is -1.20. The molecule has 0 amide bonds. The molecule has 0 aliphatic carbocycles. The molecule has 1 heterocycles. The van der Waals surface area contributed by atoms with Crippen molar-refractivity contribution in [3.63, 3.8) is 0 Å². The van der Waals surface area contributed by atoms with Crippen LogP contribution >= 0.6 is 11.6 Å². The Labute approximate surface area is 118 Å². The Bertz CT molecular complexity index is 534. The van der Waals surface area contributed by atoms with E-state index in [9.17, 15) is 18.0 Å². The number of alkyl halides is 3. The summed E-state index contributed by atoms with van der Waals surface area (Å²) < 4.78 is 47.8. The molecular formula is C13H12ClF3O3. The van der Waals surface area contributed by atoms with Gasteiger partial charge in [-0.05, 0) is 35.2 Å². The van der Waals surface area contributed by atoms with E-state index >= 15 is 0 Å². The maximum atomic E-state index is 13.1. The molecule has 1 aliphatic heterocycles. The summed E-state index contributed by atoms with van der Waals surface area (Å²) in [6, 6.07) is 3.93. The van der Waals surface area contributed by atoms with Gasteiger partial charge in [0.15, 0.2) is 11.5 Å². The minimum Gasteiger partial charge on any atom is -0.447 e. The van der Waals surface area contributed by atoms with Gasteiger partial charge in [-0.3, -0.25) is 4.79 Å².